The first kappa shape index (κ1) is 40.1. The fourth-order valence-corrected chi connectivity index (χ4v) is 5.87. The number of hydrogen-bond donors (Lipinski definition) is 1. The van der Waals surface area contributed by atoms with E-state index in [-0.39, 0.29) is 6.61 Å². The molecule has 0 spiro atoms. The van der Waals surface area contributed by atoms with Gasteiger partial charge in [0.1, 0.15) is 31.5 Å². The van der Waals surface area contributed by atoms with Gasteiger partial charge >= 0.3 is 35.8 Å². The summed E-state index contributed by atoms with van der Waals surface area (Å²) in [5.41, 5.74) is 7.27. The molecule has 4 rings (SSSR count). The average Bonchev–Trinajstić information content (AvgIpc) is 3.06. The Morgan fingerprint density at radius 3 is 1.60 bits per heavy atom. The molecule has 2 saturated heterocycles. The van der Waals surface area contributed by atoms with Gasteiger partial charge in [-0.05, 0) is 22.4 Å². The lowest BCUT2D eigenvalue weighted by molar-refractivity contribution is -0.349. The van der Waals surface area contributed by atoms with Crippen LogP contribution in [0.1, 0.15) is 47.1 Å². The Bertz CT molecular complexity index is 1610. The summed E-state index contributed by atoms with van der Waals surface area (Å²) in [5.74, 6) is -4.55. The Morgan fingerprint density at radius 2 is 1.06 bits per heavy atom. The van der Waals surface area contributed by atoms with Crippen LogP contribution in [-0.2, 0) is 82.7 Å². The zero-order valence-electron chi connectivity index (χ0n) is 29.5. The van der Waals surface area contributed by atoms with Gasteiger partial charge in [0, 0.05) is 41.5 Å². The van der Waals surface area contributed by atoms with Crippen LogP contribution in [0.25, 0.3) is 10.8 Å². The summed E-state index contributed by atoms with van der Waals surface area (Å²) in [6.45, 7) is 5.77. The highest BCUT2D eigenvalue weighted by Gasteiger charge is 2.56. The van der Waals surface area contributed by atoms with Gasteiger partial charge in [-0.3, -0.25) is 28.8 Å². The van der Waals surface area contributed by atoms with Crippen molar-refractivity contribution in [2.24, 2.45) is 5.73 Å². The second-order valence-electron chi connectivity index (χ2n) is 12.2. The molecule has 2 aliphatic heterocycles. The van der Waals surface area contributed by atoms with Crippen LogP contribution in [0.15, 0.2) is 42.5 Å². The molecule has 2 aromatic rings. The van der Waals surface area contributed by atoms with E-state index in [1.54, 1.807) is 0 Å². The fourth-order valence-electron chi connectivity index (χ4n) is 5.87. The number of nitrogens with two attached hydrogens (primary N) is 1. The molecule has 10 atom stereocenters. The molecule has 17 heteroatoms. The number of carbonyl (C=O) groups excluding carboxylic acids is 6. The minimum Gasteiger partial charge on any atom is -0.463 e. The minimum absolute atomic E-state index is 0.0546. The van der Waals surface area contributed by atoms with Gasteiger partial charge in [-0.2, -0.15) is 0 Å². The molecule has 284 valence electrons. The summed E-state index contributed by atoms with van der Waals surface area (Å²) >= 11 is 0. The number of benzene rings is 2. The molecule has 52 heavy (non-hydrogen) atoms. The summed E-state index contributed by atoms with van der Waals surface area (Å²) in [6, 6.07) is 11.9. The van der Waals surface area contributed by atoms with E-state index in [1.165, 1.54) is 6.92 Å². The predicted molar refractivity (Wildman–Crippen MR) is 174 cm³/mol. The molecular weight excluding hydrogens is 690 g/mol. The monoisotopic (exact) mass is 733 g/mol. The first-order valence-electron chi connectivity index (χ1n) is 16.4. The molecule has 2 aromatic carbocycles. The lowest BCUT2D eigenvalue weighted by atomic mass is 9.95. The van der Waals surface area contributed by atoms with Gasteiger partial charge < -0.3 is 53.1 Å². The fraction of sp³-hybridized carbons (Fsp3) is 0.543. The van der Waals surface area contributed by atoms with E-state index in [0.29, 0.717) is 0 Å². The van der Waals surface area contributed by atoms with Crippen molar-refractivity contribution < 1.29 is 76.1 Å². The quantitative estimate of drug-likeness (QED) is 0.227. The molecule has 2 N–H and O–H groups in total. The Kier molecular flexibility index (Phi) is 14.0. The van der Waals surface area contributed by atoms with E-state index in [0.717, 1.165) is 51.0 Å². The van der Waals surface area contributed by atoms with Gasteiger partial charge in [0.05, 0.1) is 12.6 Å². The topological polar surface area (TPSA) is 221 Å². The minimum atomic E-state index is -1.59. The van der Waals surface area contributed by atoms with Crippen LogP contribution in [0.4, 0.5) is 0 Å². The van der Waals surface area contributed by atoms with Crippen LogP contribution < -0.4 is 5.73 Å². The maximum atomic E-state index is 12.5. The van der Waals surface area contributed by atoms with Crippen molar-refractivity contribution in [3.63, 3.8) is 0 Å². The Labute approximate surface area is 299 Å². The van der Waals surface area contributed by atoms with E-state index in [9.17, 15) is 28.8 Å². The van der Waals surface area contributed by atoms with E-state index < -0.39 is 110 Å². The summed E-state index contributed by atoms with van der Waals surface area (Å²) < 4.78 is 57.3. The van der Waals surface area contributed by atoms with Gasteiger partial charge in [-0.1, -0.05) is 36.4 Å². The SMILES string of the molecule is CC(=O)OC[C@H]1O[C@@H](OCc2ccc3ccccc3c2)[C@H](OC(C)=O)[C@@H](O[C@@H]2O[C@H](COC(C)=O)[C@@H](OC(C)=O)[C@H](OC(C)=O)[C@H]2N)[C@@H]1OC(C)=O. The van der Waals surface area contributed by atoms with Crippen LogP contribution in [0.3, 0.4) is 0 Å². The number of carbonyl (C=O) groups is 6. The van der Waals surface area contributed by atoms with E-state index in [1.807, 2.05) is 42.5 Å². The summed E-state index contributed by atoms with van der Waals surface area (Å²) in [4.78, 5) is 72.9. The normalized spacial score (nSPS) is 28.6. The van der Waals surface area contributed by atoms with Crippen molar-refractivity contribution in [1.29, 1.82) is 0 Å². The largest absolute Gasteiger partial charge is 0.463 e. The highest BCUT2D eigenvalue weighted by Crippen LogP contribution is 2.34. The molecule has 0 amide bonds. The zero-order chi connectivity index (χ0) is 38.1. The van der Waals surface area contributed by atoms with Crippen LogP contribution >= 0.6 is 0 Å². The molecule has 2 aliphatic rings. The average molecular weight is 734 g/mol. The number of ether oxygens (including phenoxy) is 10. The van der Waals surface area contributed by atoms with Crippen LogP contribution in [0, 0.1) is 0 Å². The molecule has 0 bridgehead atoms. The van der Waals surface area contributed by atoms with Crippen LogP contribution in [0.2, 0.25) is 0 Å². The van der Waals surface area contributed by atoms with Gasteiger partial charge in [0.25, 0.3) is 0 Å². The molecule has 2 fully saturated rings. The predicted octanol–water partition coefficient (Wildman–Crippen LogP) is 1.37. The molecule has 0 radical (unpaired) electrons. The molecule has 0 aromatic heterocycles. The second kappa shape index (κ2) is 18.2. The van der Waals surface area contributed by atoms with Gasteiger partial charge in [-0.25, -0.2) is 0 Å². The van der Waals surface area contributed by atoms with E-state index in [4.69, 9.17) is 53.1 Å². The maximum absolute atomic E-state index is 12.5. The molecular formula is C35H43NO16. The summed E-state index contributed by atoms with van der Waals surface area (Å²) in [7, 11) is 0. The standard InChI is InChI=1S/C35H43NO16/c1-17(37)43-15-26-29(46-19(3)39)31(48-21(5)41)28(36)34(50-26)52-32-30(47-20(4)40)27(16-44-18(2)38)51-35(33(32)49-22(6)42)45-14-23-11-12-24-9-7-8-10-25(24)13-23/h7-13,26-35H,14-16,36H2,1-6H3/t26-,27-,28-,29-,30-,31-,32+,33-,34+,35-/m1/s1. The van der Waals surface area contributed by atoms with E-state index >= 15 is 0 Å². The maximum Gasteiger partial charge on any atom is 0.303 e. The summed E-state index contributed by atoms with van der Waals surface area (Å²) in [6.07, 6.45) is -12.7. The molecule has 0 saturated carbocycles. The lowest BCUT2D eigenvalue weighted by Crippen LogP contribution is -2.68. The number of fused-ring (bicyclic) bond motifs is 1. The van der Waals surface area contributed by atoms with Crippen LogP contribution in [0.5, 0.6) is 0 Å². The van der Waals surface area contributed by atoms with Crippen molar-refractivity contribution in [3.05, 3.63) is 48.0 Å². The second-order valence-corrected chi connectivity index (χ2v) is 12.2. The highest BCUT2D eigenvalue weighted by molar-refractivity contribution is 5.83. The van der Waals surface area contributed by atoms with Gasteiger partial charge in [-0.15, -0.1) is 0 Å². The third kappa shape index (κ3) is 10.9. The Balaban J connectivity index is 1.74. The molecule has 0 unspecified atom stereocenters. The van der Waals surface area contributed by atoms with Gasteiger partial charge in [0.2, 0.25) is 0 Å². The Morgan fingerprint density at radius 1 is 0.577 bits per heavy atom. The third-order valence-corrected chi connectivity index (χ3v) is 7.91. The number of rotatable bonds is 13. The lowest BCUT2D eigenvalue weighted by Gasteiger charge is -2.48. The van der Waals surface area contributed by atoms with Crippen molar-refractivity contribution in [3.8, 4) is 0 Å². The smallest absolute Gasteiger partial charge is 0.303 e. The van der Waals surface area contributed by atoms with Crippen molar-refractivity contribution in [2.45, 2.75) is 109 Å². The van der Waals surface area contributed by atoms with Crippen molar-refractivity contribution in [2.75, 3.05) is 13.2 Å². The number of esters is 6. The number of hydrogen-bond acceptors (Lipinski definition) is 17. The van der Waals surface area contributed by atoms with Crippen LogP contribution in [-0.4, -0.2) is 110 Å². The van der Waals surface area contributed by atoms with Crippen molar-refractivity contribution in [1.82, 2.24) is 0 Å². The first-order valence-corrected chi connectivity index (χ1v) is 16.4. The van der Waals surface area contributed by atoms with Crippen molar-refractivity contribution >= 4 is 46.6 Å². The van der Waals surface area contributed by atoms with E-state index in [2.05, 4.69) is 0 Å². The zero-order valence-corrected chi connectivity index (χ0v) is 29.5. The molecule has 17 nitrogen and oxygen atoms in total. The third-order valence-electron chi connectivity index (χ3n) is 7.91. The molecule has 2 heterocycles. The first-order chi connectivity index (χ1) is 24.6. The molecule has 0 aliphatic carbocycles. The highest BCUT2D eigenvalue weighted by atomic mass is 16.8. The Hall–Kier alpha value is -4.68. The summed E-state index contributed by atoms with van der Waals surface area (Å²) in [5, 5.41) is 1.94. The van der Waals surface area contributed by atoms with Gasteiger partial charge in [0.15, 0.2) is 37.0 Å².